The van der Waals surface area contributed by atoms with Gasteiger partial charge in [-0.25, -0.2) is 0 Å². The Morgan fingerprint density at radius 2 is 1.75 bits per heavy atom. The fourth-order valence-electron chi connectivity index (χ4n) is 1.55. The molecule has 0 fully saturated rings. The van der Waals surface area contributed by atoms with Crippen LogP contribution >= 0.6 is 0 Å². The zero-order valence-corrected chi connectivity index (χ0v) is 9.96. The first-order valence-electron chi connectivity index (χ1n) is 4.96. The zero-order valence-electron chi connectivity index (χ0n) is 9.96. The summed E-state index contributed by atoms with van der Waals surface area (Å²) in [7, 11) is 1.54. The Morgan fingerprint density at radius 1 is 1.12 bits per heavy atom. The van der Waals surface area contributed by atoms with Crippen LogP contribution in [0.25, 0.3) is 0 Å². The highest BCUT2D eigenvalue weighted by molar-refractivity contribution is 5.55. The third kappa shape index (κ3) is 2.15. The minimum Gasteiger partial charge on any atom is -0.495 e. The molecule has 0 saturated carbocycles. The van der Waals surface area contributed by atoms with E-state index in [9.17, 15) is 0 Å². The van der Waals surface area contributed by atoms with Crippen LogP contribution in [0.4, 0.5) is 0 Å². The Balaban J connectivity index is 3.59. The number of benzene rings is 1. The first-order chi connectivity index (χ1) is 7.43. The van der Waals surface area contributed by atoms with Gasteiger partial charge in [0.05, 0.1) is 24.3 Å². The molecule has 0 bridgehead atoms. The maximum absolute atomic E-state index is 9.02. The van der Waals surface area contributed by atoms with Crippen molar-refractivity contribution in [2.24, 2.45) is 0 Å². The van der Waals surface area contributed by atoms with E-state index >= 15 is 0 Å². The fraction of sp³-hybridized carbons (Fsp3) is 0.385. The number of hydrogen-bond donors (Lipinski definition) is 0. The van der Waals surface area contributed by atoms with Gasteiger partial charge in [0.1, 0.15) is 11.8 Å². The van der Waals surface area contributed by atoms with Gasteiger partial charge in [0.25, 0.3) is 0 Å². The molecule has 0 aliphatic carbocycles. The van der Waals surface area contributed by atoms with Gasteiger partial charge >= 0.3 is 0 Å². The topological polar surface area (TPSA) is 56.8 Å². The molecule has 0 aliphatic heterocycles. The molecule has 0 aromatic heterocycles. The summed E-state index contributed by atoms with van der Waals surface area (Å²) in [6, 6.07) is 7.44. The Hall–Kier alpha value is -2.00. The van der Waals surface area contributed by atoms with Crippen LogP contribution in [-0.2, 0) is 5.41 Å². The number of hydrogen-bond acceptors (Lipinski definition) is 3. The monoisotopic (exact) mass is 214 g/mol. The van der Waals surface area contributed by atoms with Gasteiger partial charge in [0, 0.05) is 5.56 Å². The molecule has 3 heteroatoms. The van der Waals surface area contributed by atoms with Gasteiger partial charge in [-0.3, -0.25) is 0 Å². The van der Waals surface area contributed by atoms with Crippen molar-refractivity contribution in [3.05, 3.63) is 28.8 Å². The molecule has 1 rings (SSSR count). The highest BCUT2D eigenvalue weighted by atomic mass is 16.5. The summed E-state index contributed by atoms with van der Waals surface area (Å²) in [6.45, 7) is 6.06. The van der Waals surface area contributed by atoms with E-state index in [1.54, 1.807) is 12.1 Å². The van der Waals surface area contributed by atoms with E-state index in [1.807, 2.05) is 20.8 Å². The van der Waals surface area contributed by atoms with Crippen LogP contribution in [0, 0.1) is 22.7 Å². The molecule has 0 N–H and O–H groups in total. The predicted molar refractivity (Wildman–Crippen MR) is 61.1 cm³/mol. The van der Waals surface area contributed by atoms with Gasteiger partial charge in [0.15, 0.2) is 0 Å². The first-order valence-corrected chi connectivity index (χ1v) is 4.96. The summed E-state index contributed by atoms with van der Waals surface area (Å²) < 4.78 is 5.26. The molecule has 0 unspecified atom stereocenters. The molecule has 0 saturated heterocycles. The minimum atomic E-state index is -0.163. The number of rotatable bonds is 1. The smallest absolute Gasteiger partial charge is 0.140 e. The second-order valence-electron chi connectivity index (χ2n) is 4.58. The summed E-state index contributed by atoms with van der Waals surface area (Å²) in [5.74, 6) is 0.564. The van der Waals surface area contributed by atoms with Gasteiger partial charge in [0.2, 0.25) is 0 Å². The minimum absolute atomic E-state index is 0.163. The van der Waals surface area contributed by atoms with Gasteiger partial charge in [-0.05, 0) is 17.5 Å². The molecule has 1 aromatic carbocycles. The molecule has 16 heavy (non-hydrogen) atoms. The lowest BCUT2D eigenvalue weighted by atomic mass is 9.84. The molecule has 82 valence electrons. The normalized spacial score (nSPS) is 10.4. The lowest BCUT2D eigenvalue weighted by molar-refractivity contribution is 0.396. The van der Waals surface area contributed by atoms with Crippen LogP contribution in [0.3, 0.4) is 0 Å². The Morgan fingerprint density at radius 3 is 2.12 bits per heavy atom. The summed E-state index contributed by atoms with van der Waals surface area (Å²) in [5.41, 5.74) is 1.61. The third-order valence-corrected chi connectivity index (χ3v) is 2.35. The van der Waals surface area contributed by atoms with Crippen molar-refractivity contribution in [2.45, 2.75) is 26.2 Å². The highest BCUT2D eigenvalue weighted by Gasteiger charge is 2.22. The maximum atomic E-state index is 9.02. The summed E-state index contributed by atoms with van der Waals surface area (Å²) in [6.07, 6.45) is 0. The fourth-order valence-corrected chi connectivity index (χ4v) is 1.55. The molecule has 3 nitrogen and oxygen atoms in total. The Labute approximate surface area is 95.9 Å². The van der Waals surface area contributed by atoms with Gasteiger partial charge < -0.3 is 4.74 Å². The van der Waals surface area contributed by atoms with Crippen LogP contribution in [0.2, 0.25) is 0 Å². The molecule has 0 spiro atoms. The second kappa shape index (κ2) is 4.24. The van der Waals surface area contributed by atoms with Gasteiger partial charge in [-0.15, -0.1) is 0 Å². The molecule has 1 aromatic rings. The van der Waals surface area contributed by atoms with Crippen molar-refractivity contribution in [1.82, 2.24) is 0 Å². The molecule has 0 radical (unpaired) electrons. The molecule has 0 heterocycles. The lowest BCUT2D eigenvalue weighted by Crippen LogP contribution is -2.14. The van der Waals surface area contributed by atoms with E-state index in [2.05, 4.69) is 12.1 Å². The molecule has 0 atom stereocenters. The van der Waals surface area contributed by atoms with E-state index in [0.29, 0.717) is 16.9 Å². The van der Waals surface area contributed by atoms with Gasteiger partial charge in [-0.1, -0.05) is 20.8 Å². The van der Waals surface area contributed by atoms with Crippen LogP contribution in [0.15, 0.2) is 12.1 Å². The van der Waals surface area contributed by atoms with Crippen LogP contribution < -0.4 is 4.74 Å². The standard InChI is InChI=1S/C13H14N2O/c1-13(2,3)11-6-9(7-14)5-10(8-15)12(11)16-4/h5-6H,1-4H3. The summed E-state index contributed by atoms with van der Waals surface area (Å²) in [5, 5.41) is 17.9. The predicted octanol–water partition coefficient (Wildman–Crippen LogP) is 2.74. The molecular weight excluding hydrogens is 200 g/mol. The average Bonchev–Trinajstić information content (AvgIpc) is 2.25. The highest BCUT2D eigenvalue weighted by Crippen LogP contribution is 2.34. The Kier molecular flexibility index (Phi) is 3.20. The first kappa shape index (κ1) is 12.1. The number of nitriles is 2. The molecule has 0 amide bonds. The number of methoxy groups -OCH3 is 1. The van der Waals surface area contributed by atoms with E-state index < -0.39 is 0 Å². The summed E-state index contributed by atoms with van der Waals surface area (Å²) >= 11 is 0. The number of nitrogens with zero attached hydrogens (tertiary/aromatic N) is 2. The third-order valence-electron chi connectivity index (χ3n) is 2.35. The maximum Gasteiger partial charge on any atom is 0.140 e. The van der Waals surface area contributed by atoms with E-state index in [4.69, 9.17) is 15.3 Å². The van der Waals surface area contributed by atoms with Crippen molar-refractivity contribution in [1.29, 1.82) is 10.5 Å². The van der Waals surface area contributed by atoms with Crippen molar-refractivity contribution >= 4 is 0 Å². The van der Waals surface area contributed by atoms with Crippen LogP contribution in [0.1, 0.15) is 37.5 Å². The SMILES string of the molecule is COc1c(C#N)cc(C#N)cc1C(C)(C)C. The van der Waals surface area contributed by atoms with E-state index in [1.165, 1.54) is 7.11 Å². The largest absolute Gasteiger partial charge is 0.495 e. The van der Waals surface area contributed by atoms with Crippen LogP contribution in [0.5, 0.6) is 5.75 Å². The average molecular weight is 214 g/mol. The number of ether oxygens (including phenoxy) is 1. The zero-order chi connectivity index (χ0) is 12.3. The quantitative estimate of drug-likeness (QED) is 0.722. The van der Waals surface area contributed by atoms with Crippen LogP contribution in [-0.4, -0.2) is 7.11 Å². The molecular formula is C13H14N2O. The second-order valence-corrected chi connectivity index (χ2v) is 4.58. The lowest BCUT2D eigenvalue weighted by Gasteiger charge is -2.22. The van der Waals surface area contributed by atoms with E-state index in [0.717, 1.165) is 5.56 Å². The van der Waals surface area contributed by atoms with Crippen molar-refractivity contribution in [3.8, 4) is 17.9 Å². The van der Waals surface area contributed by atoms with E-state index in [-0.39, 0.29) is 5.41 Å². The van der Waals surface area contributed by atoms with Crippen molar-refractivity contribution in [2.75, 3.05) is 7.11 Å². The summed E-state index contributed by atoms with van der Waals surface area (Å²) in [4.78, 5) is 0. The Bertz CT molecular complexity index is 484. The van der Waals surface area contributed by atoms with Gasteiger partial charge in [-0.2, -0.15) is 10.5 Å². The van der Waals surface area contributed by atoms with Crippen molar-refractivity contribution in [3.63, 3.8) is 0 Å². The van der Waals surface area contributed by atoms with Crippen molar-refractivity contribution < 1.29 is 4.74 Å². The molecule has 0 aliphatic rings.